The van der Waals surface area contributed by atoms with Crippen molar-refractivity contribution >= 4 is 21.9 Å². The summed E-state index contributed by atoms with van der Waals surface area (Å²) in [6.07, 6.45) is 0. The number of hydrogen-bond donors (Lipinski definition) is 5. The van der Waals surface area contributed by atoms with E-state index in [-0.39, 0.29) is 51.1 Å². The van der Waals surface area contributed by atoms with Gasteiger partial charge in [0.15, 0.2) is 23.0 Å². The molecule has 0 aliphatic rings. The highest BCUT2D eigenvalue weighted by Gasteiger charge is 2.20. The molecule has 0 fully saturated rings. The molecule has 10 heteroatoms. The molecule has 0 saturated heterocycles. The average Bonchev–Trinajstić information content (AvgIpc) is 2.98. The molecule has 0 aliphatic carbocycles. The number of methoxy groups -OCH3 is 1. The number of aromatic hydroxyl groups is 5. The predicted molar refractivity (Wildman–Crippen MR) is 151 cm³/mol. The van der Waals surface area contributed by atoms with Crippen LogP contribution in [0.3, 0.4) is 0 Å². The fourth-order valence-corrected chi connectivity index (χ4v) is 4.16. The highest BCUT2D eigenvalue weighted by Crippen LogP contribution is 2.38. The molecule has 4 aromatic carbocycles. The molecule has 0 spiro atoms. The zero-order valence-electron chi connectivity index (χ0n) is 21.4. The van der Waals surface area contributed by atoms with Crippen molar-refractivity contribution in [2.45, 2.75) is 0 Å². The Kier molecular flexibility index (Phi) is 6.96. The third-order valence-corrected chi connectivity index (χ3v) is 6.21. The van der Waals surface area contributed by atoms with E-state index in [0.29, 0.717) is 16.5 Å². The summed E-state index contributed by atoms with van der Waals surface area (Å²) in [5.41, 5.74) is 0.105. The van der Waals surface area contributed by atoms with Crippen LogP contribution in [0.4, 0.5) is 0 Å². The lowest BCUT2D eigenvalue weighted by Gasteiger charge is -2.09. The monoisotopic (exact) mass is 554 g/mol. The van der Waals surface area contributed by atoms with Crippen LogP contribution >= 0.6 is 0 Å². The largest absolute Gasteiger partial charge is 0.507 e. The maximum Gasteiger partial charge on any atom is 0.238 e. The molecule has 5 N–H and O–H groups in total. The first-order valence-electron chi connectivity index (χ1n) is 12.1. The van der Waals surface area contributed by atoms with Crippen LogP contribution in [0.5, 0.6) is 34.5 Å². The van der Waals surface area contributed by atoms with Crippen LogP contribution in [0.15, 0.2) is 103 Å². The molecular weight excluding hydrogens is 532 g/mol. The number of ether oxygens (including phenoxy) is 1. The zero-order chi connectivity index (χ0) is 29.3. The lowest BCUT2D eigenvalue weighted by molar-refractivity contribution is 0.403. The number of phenolic OH excluding ortho intramolecular Hbond substituents is 3. The van der Waals surface area contributed by atoms with Crippen molar-refractivity contribution in [3.8, 4) is 57.1 Å². The van der Waals surface area contributed by atoms with Crippen molar-refractivity contribution in [3.63, 3.8) is 0 Å². The van der Waals surface area contributed by atoms with E-state index < -0.39 is 22.4 Å². The maximum absolute atomic E-state index is 12.3. The Labute approximate surface area is 230 Å². The van der Waals surface area contributed by atoms with E-state index in [9.17, 15) is 35.1 Å². The molecule has 2 heterocycles. The van der Waals surface area contributed by atoms with Gasteiger partial charge in [-0.3, -0.25) is 9.59 Å². The molecule has 2 aromatic heterocycles. The first-order chi connectivity index (χ1) is 19.7. The first kappa shape index (κ1) is 26.7. The van der Waals surface area contributed by atoms with Crippen molar-refractivity contribution in [1.82, 2.24) is 0 Å². The summed E-state index contributed by atoms with van der Waals surface area (Å²) < 4.78 is 16.1. The minimum Gasteiger partial charge on any atom is -0.507 e. The fourth-order valence-electron chi connectivity index (χ4n) is 4.16. The van der Waals surface area contributed by atoms with Crippen LogP contribution in [0.1, 0.15) is 0 Å². The lowest BCUT2D eigenvalue weighted by atomic mass is 10.1. The van der Waals surface area contributed by atoms with Crippen molar-refractivity contribution in [3.05, 3.63) is 105 Å². The van der Waals surface area contributed by atoms with Crippen LogP contribution in [-0.4, -0.2) is 32.6 Å². The third-order valence-electron chi connectivity index (χ3n) is 6.21. The van der Waals surface area contributed by atoms with Gasteiger partial charge >= 0.3 is 0 Å². The Morgan fingerprint density at radius 2 is 1.22 bits per heavy atom. The van der Waals surface area contributed by atoms with Crippen molar-refractivity contribution in [1.29, 1.82) is 0 Å². The van der Waals surface area contributed by atoms with Gasteiger partial charge in [-0.1, -0.05) is 42.5 Å². The minimum absolute atomic E-state index is 0.00668. The molecule has 6 rings (SSSR count). The number of hydrogen-bond acceptors (Lipinski definition) is 10. The van der Waals surface area contributed by atoms with E-state index in [4.69, 9.17) is 13.6 Å². The number of fused-ring (bicyclic) bond motifs is 2. The van der Waals surface area contributed by atoms with Gasteiger partial charge in [0, 0.05) is 23.3 Å². The SMILES string of the molecule is COc1cc(O)c2c(=O)c(O)c(-c3ccc(O)c(O)c3)oc2c1.O=c1c(O)c(-c2ccccc2)oc2ccccc12. The van der Waals surface area contributed by atoms with Crippen molar-refractivity contribution in [2.75, 3.05) is 7.11 Å². The Hall–Kier alpha value is -5.90. The molecule has 10 nitrogen and oxygen atoms in total. The van der Waals surface area contributed by atoms with Gasteiger partial charge in [-0.2, -0.15) is 0 Å². The summed E-state index contributed by atoms with van der Waals surface area (Å²) >= 11 is 0. The number of benzene rings is 4. The molecule has 6 aromatic rings. The second-order valence-electron chi connectivity index (χ2n) is 8.80. The number of rotatable bonds is 3. The van der Waals surface area contributed by atoms with Crippen LogP contribution in [0, 0.1) is 0 Å². The smallest absolute Gasteiger partial charge is 0.238 e. The molecule has 0 amide bonds. The third kappa shape index (κ3) is 4.97. The molecule has 0 saturated carbocycles. The Morgan fingerprint density at radius 1 is 0.585 bits per heavy atom. The quantitative estimate of drug-likeness (QED) is 0.177. The van der Waals surface area contributed by atoms with E-state index in [1.807, 2.05) is 18.2 Å². The zero-order valence-corrected chi connectivity index (χ0v) is 21.4. The van der Waals surface area contributed by atoms with Gasteiger partial charge in [0.05, 0.1) is 12.5 Å². The van der Waals surface area contributed by atoms with Gasteiger partial charge in [-0.05, 0) is 30.3 Å². The molecule has 41 heavy (non-hydrogen) atoms. The summed E-state index contributed by atoms with van der Waals surface area (Å²) in [4.78, 5) is 24.3. The topological polar surface area (TPSA) is 171 Å². The van der Waals surface area contributed by atoms with Gasteiger partial charge in [0.2, 0.25) is 22.4 Å². The van der Waals surface area contributed by atoms with Crippen LogP contribution in [0.2, 0.25) is 0 Å². The molecule has 206 valence electrons. The van der Waals surface area contributed by atoms with Gasteiger partial charge in [0.25, 0.3) is 0 Å². The van der Waals surface area contributed by atoms with Crippen LogP contribution in [0.25, 0.3) is 44.6 Å². The molecule has 0 radical (unpaired) electrons. The van der Waals surface area contributed by atoms with Gasteiger partial charge in [-0.15, -0.1) is 0 Å². The van der Waals surface area contributed by atoms with Crippen molar-refractivity contribution < 1.29 is 39.1 Å². The molecular formula is C31H22O10. The minimum atomic E-state index is -0.825. The molecule has 0 atom stereocenters. The molecule has 0 unspecified atom stereocenters. The lowest BCUT2D eigenvalue weighted by Crippen LogP contribution is -2.03. The molecule has 0 bridgehead atoms. The Morgan fingerprint density at radius 3 is 1.93 bits per heavy atom. The summed E-state index contributed by atoms with van der Waals surface area (Å²) in [5, 5.41) is 49.0. The second kappa shape index (κ2) is 10.7. The van der Waals surface area contributed by atoms with Gasteiger partial charge in [-0.25, -0.2) is 0 Å². The van der Waals surface area contributed by atoms with E-state index >= 15 is 0 Å². The highest BCUT2D eigenvalue weighted by atomic mass is 16.5. The van der Waals surface area contributed by atoms with Crippen LogP contribution < -0.4 is 15.6 Å². The maximum atomic E-state index is 12.3. The summed E-state index contributed by atoms with van der Waals surface area (Å²) in [6.45, 7) is 0. The predicted octanol–water partition coefficient (Wildman–Crippen LogP) is 5.46. The Balaban J connectivity index is 0.000000169. The second-order valence-corrected chi connectivity index (χ2v) is 8.80. The van der Waals surface area contributed by atoms with Crippen LogP contribution in [-0.2, 0) is 0 Å². The summed E-state index contributed by atoms with van der Waals surface area (Å²) in [6, 6.07) is 22.3. The van der Waals surface area contributed by atoms with Gasteiger partial charge < -0.3 is 39.1 Å². The first-order valence-corrected chi connectivity index (χ1v) is 12.1. The van der Waals surface area contributed by atoms with Crippen molar-refractivity contribution in [2.24, 2.45) is 0 Å². The molecule has 0 aliphatic heterocycles. The van der Waals surface area contributed by atoms with E-state index in [0.717, 1.165) is 6.07 Å². The standard InChI is InChI=1S/C16H12O7.C15H10O3/c1-22-8-5-11(19)13-12(6-8)23-16(15(21)14(13)20)7-2-3-9(17)10(18)4-7;16-13-11-8-4-5-9-12(11)18-15(14(13)17)10-6-2-1-3-7-10/h2-6,17-19,21H,1H3;1-9,17H. The van der Waals surface area contributed by atoms with E-state index in [1.165, 1.54) is 31.4 Å². The Bertz CT molecular complexity index is 2020. The average molecular weight is 555 g/mol. The van der Waals surface area contributed by atoms with E-state index in [1.54, 1.807) is 36.4 Å². The normalized spacial score (nSPS) is 10.8. The summed E-state index contributed by atoms with van der Waals surface area (Å²) in [5.74, 6) is -1.96. The summed E-state index contributed by atoms with van der Waals surface area (Å²) in [7, 11) is 1.39. The highest BCUT2D eigenvalue weighted by molar-refractivity contribution is 5.88. The number of phenols is 3. The van der Waals surface area contributed by atoms with Gasteiger partial charge in [0.1, 0.15) is 28.1 Å². The van der Waals surface area contributed by atoms with E-state index in [2.05, 4.69) is 0 Å². The number of para-hydroxylation sites is 1. The fraction of sp³-hybridized carbons (Fsp3) is 0.0323.